The third kappa shape index (κ3) is 6.07. The van der Waals surface area contributed by atoms with E-state index in [4.69, 9.17) is 17.0 Å². The number of nitrogens with one attached hydrogen (secondary N) is 2. The first-order valence-corrected chi connectivity index (χ1v) is 7.52. The molecule has 8 nitrogen and oxygen atoms in total. The summed E-state index contributed by atoms with van der Waals surface area (Å²) in [6, 6.07) is 2.63. The largest absolute Gasteiger partial charge is 0.500 e. The molecule has 0 saturated carbocycles. The molecule has 0 aromatic heterocycles. The minimum Gasteiger partial charge on any atom is -0.500 e. The molecule has 0 saturated heterocycles. The topological polar surface area (TPSA) is 109 Å². The number of benzene rings is 1. The van der Waals surface area contributed by atoms with E-state index < -0.39 is 16.4 Å². The number of unbranched alkanes of at least 4 members (excludes halogenated alkanes) is 2. The van der Waals surface area contributed by atoms with Gasteiger partial charge in [-0.05, 0) is 24.7 Å². The van der Waals surface area contributed by atoms with Gasteiger partial charge in [0.15, 0.2) is 10.9 Å². The van der Waals surface area contributed by atoms with E-state index >= 15 is 0 Å². The summed E-state index contributed by atoms with van der Waals surface area (Å²) in [4.78, 5) is 10.2. The number of aromatic hydroxyl groups is 1. The Morgan fingerprint density at radius 1 is 1.52 bits per heavy atom. The highest BCUT2D eigenvalue weighted by Gasteiger charge is 2.19. The van der Waals surface area contributed by atoms with Gasteiger partial charge in [0.2, 0.25) is 5.75 Å². The van der Waals surface area contributed by atoms with Crippen LogP contribution in [0.1, 0.15) is 31.7 Å². The molecule has 3 N–H and O–H groups in total. The number of hydrogen-bond donors (Lipinski definition) is 3. The van der Waals surface area contributed by atoms with Gasteiger partial charge >= 0.3 is 5.69 Å². The Hall–Kier alpha value is -2.42. The number of ether oxygens (including phenoxy) is 1. The number of hydrazone groups is 1. The second kappa shape index (κ2) is 9.57. The van der Waals surface area contributed by atoms with Crippen LogP contribution in [-0.2, 0) is 0 Å². The van der Waals surface area contributed by atoms with Gasteiger partial charge in [-0.3, -0.25) is 15.5 Å². The predicted molar refractivity (Wildman–Crippen MR) is 92.2 cm³/mol. The van der Waals surface area contributed by atoms with Crippen molar-refractivity contribution < 1.29 is 14.8 Å². The molecule has 0 aliphatic heterocycles. The van der Waals surface area contributed by atoms with Crippen LogP contribution in [0, 0.1) is 10.1 Å². The summed E-state index contributed by atoms with van der Waals surface area (Å²) < 4.78 is 4.91. The highest BCUT2D eigenvalue weighted by atomic mass is 32.1. The maximum absolute atomic E-state index is 10.9. The number of rotatable bonds is 8. The molecule has 0 spiro atoms. The molecule has 0 amide bonds. The van der Waals surface area contributed by atoms with Gasteiger partial charge in [-0.15, -0.1) is 0 Å². The maximum atomic E-state index is 10.9. The number of nitro groups is 1. The number of phenols is 1. The fourth-order valence-corrected chi connectivity index (χ4v) is 1.92. The Morgan fingerprint density at radius 2 is 2.26 bits per heavy atom. The van der Waals surface area contributed by atoms with Gasteiger partial charge in [-0.1, -0.05) is 19.8 Å². The van der Waals surface area contributed by atoms with E-state index in [1.54, 1.807) is 0 Å². The lowest BCUT2D eigenvalue weighted by Crippen LogP contribution is -2.32. The zero-order valence-corrected chi connectivity index (χ0v) is 13.9. The Morgan fingerprint density at radius 3 is 2.87 bits per heavy atom. The van der Waals surface area contributed by atoms with E-state index in [-0.39, 0.29) is 5.75 Å². The lowest BCUT2D eigenvalue weighted by Gasteiger charge is -2.07. The predicted octanol–water partition coefficient (Wildman–Crippen LogP) is 2.30. The smallest absolute Gasteiger partial charge is 0.315 e. The van der Waals surface area contributed by atoms with Crippen LogP contribution < -0.4 is 15.5 Å². The molecule has 0 unspecified atom stereocenters. The van der Waals surface area contributed by atoms with Crippen molar-refractivity contribution in [3.63, 3.8) is 0 Å². The maximum Gasteiger partial charge on any atom is 0.315 e. The van der Waals surface area contributed by atoms with Crippen LogP contribution in [0.15, 0.2) is 17.2 Å². The summed E-state index contributed by atoms with van der Waals surface area (Å²) in [5.74, 6) is -0.517. The fraction of sp³-hybridized carbons (Fsp3) is 0.429. The van der Waals surface area contributed by atoms with Crippen LogP contribution in [0.4, 0.5) is 5.69 Å². The van der Waals surface area contributed by atoms with Crippen LogP contribution in [0.3, 0.4) is 0 Å². The van der Waals surface area contributed by atoms with E-state index in [0.29, 0.717) is 10.7 Å². The molecule has 1 rings (SSSR count). The quantitative estimate of drug-likeness (QED) is 0.219. The monoisotopic (exact) mass is 340 g/mol. The fourth-order valence-electron chi connectivity index (χ4n) is 1.77. The van der Waals surface area contributed by atoms with Crippen molar-refractivity contribution in [3.8, 4) is 11.5 Å². The third-order valence-corrected chi connectivity index (χ3v) is 3.17. The summed E-state index contributed by atoms with van der Waals surface area (Å²) in [6.45, 7) is 2.87. The molecular weight excluding hydrogens is 320 g/mol. The molecular formula is C14H20N4O4S. The summed E-state index contributed by atoms with van der Waals surface area (Å²) in [5.41, 5.74) is 2.57. The molecule has 23 heavy (non-hydrogen) atoms. The molecule has 0 radical (unpaired) electrons. The van der Waals surface area contributed by atoms with Gasteiger partial charge in [-0.25, -0.2) is 0 Å². The summed E-state index contributed by atoms with van der Waals surface area (Å²) >= 11 is 5.05. The number of phenolic OH excluding ortho intramolecular Hbond substituents is 1. The van der Waals surface area contributed by atoms with E-state index in [1.807, 2.05) is 0 Å². The molecule has 1 aromatic rings. The van der Waals surface area contributed by atoms with Crippen molar-refractivity contribution >= 4 is 29.2 Å². The average Bonchev–Trinajstić information content (AvgIpc) is 2.52. The van der Waals surface area contributed by atoms with Crippen molar-refractivity contribution in [2.75, 3.05) is 13.7 Å². The SMILES string of the molecule is CCCCCNC(=S)N/N=C/c1cc(OC)c(O)c([N+](=O)[O-])c1. The molecule has 0 aliphatic carbocycles. The molecule has 0 heterocycles. The molecule has 0 atom stereocenters. The van der Waals surface area contributed by atoms with E-state index in [1.165, 1.54) is 25.5 Å². The number of nitrogens with zero attached hydrogens (tertiary/aromatic N) is 2. The van der Waals surface area contributed by atoms with Gasteiger partial charge in [0.1, 0.15) is 0 Å². The third-order valence-electron chi connectivity index (χ3n) is 2.94. The van der Waals surface area contributed by atoms with Crippen molar-refractivity contribution in [3.05, 3.63) is 27.8 Å². The first-order chi connectivity index (χ1) is 11.0. The van der Waals surface area contributed by atoms with Crippen LogP contribution >= 0.6 is 12.2 Å². The second-order valence-corrected chi connectivity index (χ2v) is 5.09. The number of thiocarbonyl (C=S) groups is 1. The van der Waals surface area contributed by atoms with Crippen LogP contribution in [0.25, 0.3) is 0 Å². The Kier molecular flexibility index (Phi) is 7.75. The minimum absolute atomic E-state index is 0.000849. The van der Waals surface area contributed by atoms with Crippen molar-refractivity contribution in [2.45, 2.75) is 26.2 Å². The standard InChI is InChI=1S/C14H20N4O4S/c1-3-4-5-6-15-14(23)17-16-9-10-7-11(18(20)21)13(19)12(8-10)22-2/h7-9,19H,3-6H2,1-2H3,(H2,15,17,23)/b16-9+. The Bertz CT molecular complexity index is 592. The van der Waals surface area contributed by atoms with Gasteiger partial charge in [-0.2, -0.15) is 5.10 Å². The normalized spacial score (nSPS) is 10.5. The van der Waals surface area contributed by atoms with Crippen molar-refractivity contribution in [2.24, 2.45) is 5.10 Å². The first kappa shape index (κ1) is 18.6. The number of methoxy groups -OCH3 is 1. The van der Waals surface area contributed by atoms with Gasteiger partial charge < -0.3 is 15.2 Å². The van der Waals surface area contributed by atoms with Crippen LogP contribution in [0.2, 0.25) is 0 Å². The van der Waals surface area contributed by atoms with E-state index in [2.05, 4.69) is 22.8 Å². The van der Waals surface area contributed by atoms with Gasteiger partial charge in [0.05, 0.1) is 18.2 Å². The molecule has 0 bridgehead atoms. The highest BCUT2D eigenvalue weighted by molar-refractivity contribution is 7.80. The molecule has 9 heteroatoms. The molecule has 1 aromatic carbocycles. The summed E-state index contributed by atoms with van der Waals surface area (Å²) in [7, 11) is 1.31. The second-order valence-electron chi connectivity index (χ2n) is 4.68. The van der Waals surface area contributed by atoms with Crippen LogP contribution in [0.5, 0.6) is 11.5 Å². The lowest BCUT2D eigenvalue weighted by atomic mass is 10.2. The summed E-state index contributed by atoms with van der Waals surface area (Å²) in [5, 5.41) is 27.9. The van der Waals surface area contributed by atoms with Gasteiger partial charge in [0, 0.05) is 18.2 Å². The minimum atomic E-state index is -0.692. The van der Waals surface area contributed by atoms with Crippen molar-refractivity contribution in [1.82, 2.24) is 10.7 Å². The van der Waals surface area contributed by atoms with Crippen LogP contribution in [-0.4, -0.2) is 35.0 Å². The molecule has 0 fully saturated rings. The molecule has 126 valence electrons. The summed E-state index contributed by atoms with van der Waals surface area (Å²) in [6.07, 6.45) is 4.62. The lowest BCUT2D eigenvalue weighted by molar-refractivity contribution is -0.386. The zero-order valence-electron chi connectivity index (χ0n) is 13.0. The average molecular weight is 340 g/mol. The Balaban J connectivity index is 2.67. The number of hydrogen-bond acceptors (Lipinski definition) is 6. The Labute approximate surface area is 139 Å². The molecule has 0 aliphatic rings. The first-order valence-electron chi connectivity index (χ1n) is 7.11. The van der Waals surface area contributed by atoms with E-state index in [0.717, 1.165) is 25.8 Å². The zero-order chi connectivity index (χ0) is 17.2. The van der Waals surface area contributed by atoms with Gasteiger partial charge in [0.25, 0.3) is 0 Å². The number of nitro benzene ring substituents is 1. The van der Waals surface area contributed by atoms with E-state index in [9.17, 15) is 15.2 Å². The highest BCUT2D eigenvalue weighted by Crippen LogP contribution is 2.36. The van der Waals surface area contributed by atoms with Crippen molar-refractivity contribution in [1.29, 1.82) is 0 Å².